The molecule has 0 atom stereocenters. The molecule has 60 heavy (non-hydrogen) atoms. The molecule has 280 valence electrons. The van der Waals surface area contributed by atoms with E-state index in [9.17, 15) is 0 Å². The predicted molar refractivity (Wildman–Crippen MR) is 260 cm³/mol. The number of anilines is 3. The maximum Gasteiger partial charge on any atom is 0.0555 e. The van der Waals surface area contributed by atoms with Crippen LogP contribution in [0.4, 0.5) is 17.1 Å². The van der Waals surface area contributed by atoms with Gasteiger partial charge < -0.3 is 4.90 Å². The van der Waals surface area contributed by atoms with E-state index in [-0.39, 0.29) is 0 Å². The third kappa shape index (κ3) is 5.61. The molecule has 0 saturated carbocycles. The van der Waals surface area contributed by atoms with Crippen molar-refractivity contribution >= 4 is 91.7 Å². The molecule has 0 spiro atoms. The summed E-state index contributed by atoms with van der Waals surface area (Å²) >= 11 is 1.86. The van der Waals surface area contributed by atoms with Crippen LogP contribution in [0.25, 0.3) is 96.6 Å². The van der Waals surface area contributed by atoms with E-state index in [0.29, 0.717) is 0 Å². The first-order valence-corrected chi connectivity index (χ1v) is 21.4. The highest BCUT2D eigenvalue weighted by molar-refractivity contribution is 7.26. The Bertz CT molecular complexity index is 3570. The second-order valence-corrected chi connectivity index (χ2v) is 16.7. The van der Waals surface area contributed by atoms with E-state index in [1.54, 1.807) is 0 Å². The van der Waals surface area contributed by atoms with Crippen molar-refractivity contribution in [2.75, 3.05) is 4.90 Å². The number of thiophene rings is 1. The fourth-order valence-electron chi connectivity index (χ4n) is 9.48. The van der Waals surface area contributed by atoms with Gasteiger partial charge in [0.15, 0.2) is 0 Å². The molecule has 2 heteroatoms. The van der Waals surface area contributed by atoms with Gasteiger partial charge in [-0.15, -0.1) is 11.3 Å². The normalized spacial score (nSPS) is 11.7. The van der Waals surface area contributed by atoms with Crippen molar-refractivity contribution in [2.45, 2.75) is 0 Å². The fraction of sp³-hybridized carbons (Fsp3) is 0. The molecule has 12 rings (SSSR count). The molecule has 0 radical (unpaired) electrons. The van der Waals surface area contributed by atoms with Crippen molar-refractivity contribution < 1.29 is 0 Å². The van der Waals surface area contributed by atoms with Crippen molar-refractivity contribution in [2.24, 2.45) is 0 Å². The number of rotatable bonds is 6. The SMILES string of the molecule is c1cc(-c2ccccc2N(c2ccc(-c3ccc4c5ccccc5c5ccccc5c4c3)cc2)c2cccc3sc4ccccc4c23)cc(-c2cccc3ccccc23)c1. The molecule has 0 aliphatic carbocycles. The molecule has 0 bridgehead atoms. The smallest absolute Gasteiger partial charge is 0.0555 e. The van der Waals surface area contributed by atoms with Gasteiger partial charge in [-0.2, -0.15) is 0 Å². The van der Waals surface area contributed by atoms with Crippen LogP contribution < -0.4 is 4.90 Å². The van der Waals surface area contributed by atoms with Crippen molar-refractivity contribution in [3.05, 3.63) is 224 Å². The van der Waals surface area contributed by atoms with Crippen molar-refractivity contribution in [3.8, 4) is 33.4 Å². The molecule has 11 aromatic carbocycles. The van der Waals surface area contributed by atoms with Crippen LogP contribution in [-0.4, -0.2) is 0 Å². The van der Waals surface area contributed by atoms with E-state index in [1.807, 2.05) is 11.3 Å². The number of hydrogen-bond acceptors (Lipinski definition) is 2. The Labute approximate surface area is 352 Å². The van der Waals surface area contributed by atoms with Crippen molar-refractivity contribution in [3.63, 3.8) is 0 Å². The van der Waals surface area contributed by atoms with Gasteiger partial charge in [-0.1, -0.05) is 176 Å². The average Bonchev–Trinajstić information content (AvgIpc) is 3.71. The first-order valence-electron chi connectivity index (χ1n) is 20.6. The molecular weight excluding hydrogens is 743 g/mol. The number of fused-ring (bicyclic) bond motifs is 10. The Hall–Kier alpha value is -7.52. The summed E-state index contributed by atoms with van der Waals surface area (Å²) in [4.78, 5) is 2.48. The molecule has 1 nitrogen and oxygen atoms in total. The molecule has 0 fully saturated rings. The lowest BCUT2D eigenvalue weighted by Crippen LogP contribution is -2.11. The van der Waals surface area contributed by atoms with Gasteiger partial charge >= 0.3 is 0 Å². The van der Waals surface area contributed by atoms with E-state index in [2.05, 4.69) is 229 Å². The maximum atomic E-state index is 2.48. The highest BCUT2D eigenvalue weighted by atomic mass is 32.1. The largest absolute Gasteiger partial charge is 0.309 e. The highest BCUT2D eigenvalue weighted by Crippen LogP contribution is 2.48. The van der Waals surface area contributed by atoms with E-state index in [0.717, 1.165) is 11.4 Å². The molecular formula is C58H37NS. The monoisotopic (exact) mass is 779 g/mol. The summed E-state index contributed by atoms with van der Waals surface area (Å²) in [6, 6.07) is 82.5. The Balaban J connectivity index is 1.03. The minimum atomic E-state index is 1.11. The van der Waals surface area contributed by atoms with Crippen LogP contribution >= 0.6 is 11.3 Å². The summed E-state index contributed by atoms with van der Waals surface area (Å²) in [6.07, 6.45) is 0. The Morgan fingerprint density at radius 2 is 0.800 bits per heavy atom. The molecule has 0 aliphatic heterocycles. The van der Waals surface area contributed by atoms with E-state index in [1.165, 1.54) is 102 Å². The summed E-state index contributed by atoms with van der Waals surface area (Å²) in [5.41, 5.74) is 10.6. The molecule has 0 N–H and O–H groups in total. The summed E-state index contributed by atoms with van der Waals surface area (Å²) in [6.45, 7) is 0. The van der Waals surface area contributed by atoms with Crippen LogP contribution in [0.2, 0.25) is 0 Å². The second kappa shape index (κ2) is 14.1. The highest BCUT2D eigenvalue weighted by Gasteiger charge is 2.22. The van der Waals surface area contributed by atoms with Crippen LogP contribution in [-0.2, 0) is 0 Å². The topological polar surface area (TPSA) is 3.24 Å². The molecule has 12 aromatic rings. The van der Waals surface area contributed by atoms with Gasteiger partial charge in [-0.25, -0.2) is 0 Å². The van der Waals surface area contributed by atoms with Crippen LogP contribution in [0, 0.1) is 0 Å². The Morgan fingerprint density at radius 3 is 1.58 bits per heavy atom. The van der Waals surface area contributed by atoms with Crippen LogP contribution in [0.3, 0.4) is 0 Å². The van der Waals surface area contributed by atoms with Crippen LogP contribution in [0.15, 0.2) is 224 Å². The third-order valence-electron chi connectivity index (χ3n) is 12.2. The number of benzene rings is 11. The zero-order valence-electron chi connectivity index (χ0n) is 32.7. The molecule has 0 saturated heterocycles. The molecule has 1 heterocycles. The summed E-state index contributed by atoms with van der Waals surface area (Å²) < 4.78 is 2.57. The number of para-hydroxylation sites is 1. The Morgan fingerprint density at radius 1 is 0.283 bits per heavy atom. The Kier molecular flexibility index (Phi) is 8.11. The molecule has 1 aromatic heterocycles. The lowest BCUT2D eigenvalue weighted by atomic mass is 9.92. The van der Waals surface area contributed by atoms with Crippen molar-refractivity contribution in [1.82, 2.24) is 0 Å². The zero-order valence-corrected chi connectivity index (χ0v) is 33.5. The maximum absolute atomic E-state index is 2.48. The molecule has 0 amide bonds. The van der Waals surface area contributed by atoms with E-state index >= 15 is 0 Å². The van der Waals surface area contributed by atoms with Gasteiger partial charge in [0.1, 0.15) is 0 Å². The summed E-state index contributed by atoms with van der Waals surface area (Å²) in [5, 5.41) is 12.8. The van der Waals surface area contributed by atoms with Gasteiger partial charge in [0.25, 0.3) is 0 Å². The molecule has 0 aliphatic rings. The van der Waals surface area contributed by atoms with Gasteiger partial charge in [0.2, 0.25) is 0 Å². The third-order valence-corrected chi connectivity index (χ3v) is 13.4. The van der Waals surface area contributed by atoms with Gasteiger partial charge in [-0.3, -0.25) is 0 Å². The predicted octanol–water partition coefficient (Wildman–Crippen LogP) is 17.1. The molecule has 0 unspecified atom stereocenters. The number of hydrogen-bond donors (Lipinski definition) is 0. The second-order valence-electron chi connectivity index (χ2n) is 15.6. The quantitative estimate of drug-likeness (QED) is 0.152. The average molecular weight is 780 g/mol. The zero-order chi connectivity index (χ0) is 39.6. The van der Waals surface area contributed by atoms with Gasteiger partial charge in [0, 0.05) is 31.4 Å². The minimum Gasteiger partial charge on any atom is -0.309 e. The summed E-state index contributed by atoms with van der Waals surface area (Å²) in [7, 11) is 0. The van der Waals surface area contributed by atoms with Gasteiger partial charge in [-0.05, 0) is 119 Å². The first kappa shape index (κ1) is 34.5. The summed E-state index contributed by atoms with van der Waals surface area (Å²) in [5.74, 6) is 0. The van der Waals surface area contributed by atoms with E-state index < -0.39 is 0 Å². The standard InChI is InChI=1S/C58H37NS/c1-2-18-44-39(14-1)15-12-25-45(44)41-16-11-17-42(36-41)46-19-7-9-26-54(46)59(55-27-13-29-57-58(55)52-24-8-10-28-56(52)60-57)43-33-30-38(31-34-43)40-32-35-51-49-22-4-3-20-47(49)48-21-5-6-23-50(48)53(51)37-40/h1-37H. The van der Waals surface area contributed by atoms with Crippen LogP contribution in [0.5, 0.6) is 0 Å². The minimum absolute atomic E-state index is 1.11. The van der Waals surface area contributed by atoms with Crippen molar-refractivity contribution in [1.29, 1.82) is 0 Å². The number of nitrogens with zero attached hydrogens (tertiary/aromatic N) is 1. The van der Waals surface area contributed by atoms with Gasteiger partial charge in [0.05, 0.1) is 11.4 Å². The lowest BCUT2D eigenvalue weighted by molar-refractivity contribution is 1.30. The van der Waals surface area contributed by atoms with E-state index in [4.69, 9.17) is 0 Å². The first-order chi connectivity index (χ1) is 29.8. The van der Waals surface area contributed by atoms with Crippen LogP contribution in [0.1, 0.15) is 0 Å². The lowest BCUT2D eigenvalue weighted by Gasteiger charge is -2.29. The fourth-order valence-corrected chi connectivity index (χ4v) is 10.6.